The van der Waals surface area contributed by atoms with Gasteiger partial charge >= 0.3 is 0 Å². The van der Waals surface area contributed by atoms with E-state index in [1.165, 1.54) is 24.3 Å². The Balaban J connectivity index is 2.06. The molecule has 4 N–H and O–H groups in total. The Morgan fingerprint density at radius 3 is 2.14 bits per heavy atom. The Kier molecular flexibility index (Phi) is 4.25. The third kappa shape index (κ3) is 4.59. The molecule has 0 aliphatic heterocycles. The second-order valence-electron chi connectivity index (χ2n) is 4.51. The van der Waals surface area contributed by atoms with Crippen LogP contribution in [0.2, 0.25) is 0 Å². The number of rotatable bonds is 4. The highest BCUT2D eigenvalue weighted by atomic mass is 32.2. The second-order valence-corrected chi connectivity index (χ2v) is 6.12. The summed E-state index contributed by atoms with van der Waals surface area (Å²) < 4.78 is 21.9. The fraction of sp³-hybridized carbons (Fsp3) is 0.0714. The molecule has 0 heterocycles. The van der Waals surface area contributed by atoms with E-state index in [0.29, 0.717) is 16.8 Å². The average molecular weight is 306 g/mol. The van der Waals surface area contributed by atoms with Crippen LogP contribution in [0.3, 0.4) is 0 Å². The Bertz CT molecular complexity index is 738. The fourth-order valence-corrected chi connectivity index (χ4v) is 2.39. The van der Waals surface area contributed by atoms with Crippen molar-refractivity contribution < 1.29 is 18.3 Å². The van der Waals surface area contributed by atoms with Gasteiger partial charge in [-0.3, -0.25) is 4.79 Å². The zero-order valence-corrected chi connectivity index (χ0v) is 11.8. The number of phenols is 1. The van der Waals surface area contributed by atoms with Crippen LogP contribution in [-0.2, 0) is 15.8 Å². The van der Waals surface area contributed by atoms with Crippen molar-refractivity contribution in [2.24, 2.45) is 5.14 Å². The number of hydrogen-bond donors (Lipinski definition) is 3. The van der Waals surface area contributed by atoms with Crippen molar-refractivity contribution in [3.05, 3.63) is 59.7 Å². The molecule has 7 heteroatoms. The zero-order chi connectivity index (χ0) is 15.5. The van der Waals surface area contributed by atoms with Crippen LogP contribution in [0.4, 0.5) is 5.69 Å². The highest BCUT2D eigenvalue weighted by Gasteiger charge is 2.07. The summed E-state index contributed by atoms with van der Waals surface area (Å²) >= 11 is 0. The molecule has 1 amide bonds. The van der Waals surface area contributed by atoms with Crippen LogP contribution < -0.4 is 10.5 Å². The number of benzene rings is 2. The first-order chi connectivity index (χ1) is 9.83. The number of carbonyl (C=O) groups is 1. The molecule has 2 aromatic carbocycles. The minimum absolute atomic E-state index is 0.0823. The Labute approximate surface area is 122 Å². The molecule has 0 aromatic heterocycles. The van der Waals surface area contributed by atoms with Gasteiger partial charge in [0.15, 0.2) is 0 Å². The van der Waals surface area contributed by atoms with Gasteiger partial charge in [-0.05, 0) is 42.0 Å². The minimum atomic E-state index is -3.57. The normalized spacial score (nSPS) is 11.1. The summed E-state index contributed by atoms with van der Waals surface area (Å²) in [6, 6.07) is 12.2. The van der Waals surface area contributed by atoms with Gasteiger partial charge in [-0.15, -0.1) is 0 Å². The van der Waals surface area contributed by atoms with Crippen LogP contribution in [0.15, 0.2) is 48.5 Å². The molecule has 110 valence electrons. The van der Waals surface area contributed by atoms with Crippen LogP contribution in [0.25, 0.3) is 0 Å². The predicted octanol–water partition coefficient (Wildman–Crippen LogP) is 1.43. The lowest BCUT2D eigenvalue weighted by Crippen LogP contribution is -2.14. The van der Waals surface area contributed by atoms with Gasteiger partial charge in [0.25, 0.3) is 5.91 Å². The van der Waals surface area contributed by atoms with E-state index in [2.05, 4.69) is 5.32 Å². The molecular weight excluding hydrogens is 292 g/mol. The SMILES string of the molecule is NS(=O)(=O)Cc1ccc(NC(=O)c2ccc(O)cc2)cc1. The van der Waals surface area contributed by atoms with Crippen molar-refractivity contribution in [3.63, 3.8) is 0 Å². The van der Waals surface area contributed by atoms with E-state index in [1.54, 1.807) is 24.3 Å². The Hall–Kier alpha value is -2.38. The summed E-state index contributed by atoms with van der Waals surface area (Å²) in [6.45, 7) is 0. The summed E-state index contributed by atoms with van der Waals surface area (Å²) in [5.74, 6) is -0.493. The molecule has 2 rings (SSSR count). The summed E-state index contributed by atoms with van der Waals surface area (Å²) in [4.78, 5) is 11.9. The summed E-state index contributed by atoms with van der Waals surface area (Å²) in [5.41, 5.74) is 1.48. The smallest absolute Gasteiger partial charge is 0.255 e. The van der Waals surface area contributed by atoms with Crippen molar-refractivity contribution in [2.75, 3.05) is 5.32 Å². The van der Waals surface area contributed by atoms with Crippen molar-refractivity contribution in [3.8, 4) is 5.75 Å². The molecule has 0 radical (unpaired) electrons. The number of carbonyl (C=O) groups excluding carboxylic acids is 1. The Morgan fingerprint density at radius 2 is 1.62 bits per heavy atom. The van der Waals surface area contributed by atoms with Crippen LogP contribution in [0.1, 0.15) is 15.9 Å². The van der Waals surface area contributed by atoms with Gasteiger partial charge in [-0.2, -0.15) is 0 Å². The highest BCUT2D eigenvalue weighted by molar-refractivity contribution is 7.88. The number of sulfonamides is 1. The molecule has 0 atom stereocenters. The number of hydrogen-bond acceptors (Lipinski definition) is 4. The van der Waals surface area contributed by atoms with Crippen LogP contribution in [0, 0.1) is 0 Å². The summed E-state index contributed by atoms with van der Waals surface area (Å²) in [7, 11) is -3.57. The summed E-state index contributed by atoms with van der Waals surface area (Å²) in [5, 5.41) is 16.8. The zero-order valence-electron chi connectivity index (χ0n) is 11.0. The third-order valence-electron chi connectivity index (χ3n) is 2.71. The number of nitrogens with one attached hydrogen (secondary N) is 1. The van der Waals surface area contributed by atoms with E-state index in [4.69, 9.17) is 10.2 Å². The van der Waals surface area contributed by atoms with E-state index in [-0.39, 0.29) is 17.4 Å². The van der Waals surface area contributed by atoms with Gasteiger partial charge in [-0.25, -0.2) is 13.6 Å². The largest absolute Gasteiger partial charge is 0.508 e. The van der Waals surface area contributed by atoms with Gasteiger partial charge in [0.2, 0.25) is 10.0 Å². The van der Waals surface area contributed by atoms with Gasteiger partial charge in [0.05, 0.1) is 5.75 Å². The van der Waals surface area contributed by atoms with Crippen LogP contribution in [-0.4, -0.2) is 19.4 Å². The molecule has 2 aromatic rings. The second kappa shape index (κ2) is 5.94. The molecule has 0 saturated carbocycles. The molecule has 21 heavy (non-hydrogen) atoms. The van der Waals surface area contributed by atoms with Crippen LogP contribution >= 0.6 is 0 Å². The first-order valence-corrected chi connectivity index (χ1v) is 7.75. The first-order valence-electron chi connectivity index (χ1n) is 6.03. The van der Waals surface area contributed by atoms with Gasteiger partial charge in [0, 0.05) is 11.3 Å². The molecule has 0 bridgehead atoms. The average Bonchev–Trinajstić information content (AvgIpc) is 2.40. The number of primary sulfonamides is 1. The van der Waals surface area contributed by atoms with E-state index >= 15 is 0 Å². The number of aromatic hydroxyl groups is 1. The molecule has 0 saturated heterocycles. The van der Waals surface area contributed by atoms with E-state index < -0.39 is 10.0 Å². The number of amides is 1. The maximum absolute atomic E-state index is 11.9. The van der Waals surface area contributed by atoms with Crippen molar-refractivity contribution in [1.29, 1.82) is 0 Å². The lowest BCUT2D eigenvalue weighted by molar-refractivity contribution is 0.102. The number of phenolic OH excluding ortho intramolecular Hbond substituents is 1. The summed E-state index contributed by atoms with van der Waals surface area (Å²) in [6.07, 6.45) is 0. The number of nitrogens with two attached hydrogens (primary N) is 1. The quantitative estimate of drug-likeness (QED) is 0.793. The fourth-order valence-electron chi connectivity index (χ4n) is 1.73. The van der Waals surface area contributed by atoms with Crippen molar-refractivity contribution >= 4 is 21.6 Å². The van der Waals surface area contributed by atoms with E-state index in [9.17, 15) is 13.2 Å². The topological polar surface area (TPSA) is 109 Å². The number of anilines is 1. The van der Waals surface area contributed by atoms with Crippen LogP contribution in [0.5, 0.6) is 5.75 Å². The van der Waals surface area contributed by atoms with E-state index in [0.717, 1.165) is 0 Å². The lowest BCUT2D eigenvalue weighted by Gasteiger charge is -2.06. The predicted molar refractivity (Wildman–Crippen MR) is 79.3 cm³/mol. The Morgan fingerprint density at radius 1 is 1.05 bits per heavy atom. The molecule has 0 fully saturated rings. The minimum Gasteiger partial charge on any atom is -0.508 e. The van der Waals surface area contributed by atoms with Crippen molar-refractivity contribution in [1.82, 2.24) is 0 Å². The molecule has 0 unspecified atom stereocenters. The molecular formula is C14H14N2O4S. The lowest BCUT2D eigenvalue weighted by atomic mass is 10.2. The van der Waals surface area contributed by atoms with Gasteiger partial charge in [0.1, 0.15) is 5.75 Å². The molecule has 6 nitrogen and oxygen atoms in total. The molecule has 0 aliphatic carbocycles. The maximum atomic E-state index is 11.9. The molecule has 0 spiro atoms. The van der Waals surface area contributed by atoms with Gasteiger partial charge < -0.3 is 10.4 Å². The monoisotopic (exact) mass is 306 g/mol. The van der Waals surface area contributed by atoms with Crippen molar-refractivity contribution in [2.45, 2.75) is 5.75 Å². The highest BCUT2D eigenvalue weighted by Crippen LogP contribution is 2.14. The standard InChI is InChI=1S/C14H14N2O4S/c15-21(19,20)9-10-1-5-12(6-2-10)16-14(18)11-3-7-13(17)8-4-11/h1-8,17H,9H2,(H,16,18)(H2,15,19,20). The maximum Gasteiger partial charge on any atom is 0.255 e. The molecule has 0 aliphatic rings. The third-order valence-corrected chi connectivity index (χ3v) is 3.44. The van der Waals surface area contributed by atoms with E-state index in [1.807, 2.05) is 0 Å². The first kappa shape index (κ1) is 15.0. The van der Waals surface area contributed by atoms with Gasteiger partial charge in [-0.1, -0.05) is 12.1 Å².